The molecule has 5 nitrogen and oxygen atoms in total. The summed E-state index contributed by atoms with van der Waals surface area (Å²) in [7, 11) is 0. The average Bonchev–Trinajstić information content (AvgIpc) is 2.65. The van der Waals surface area contributed by atoms with E-state index in [2.05, 4.69) is 36.8 Å². The number of fused-ring (bicyclic) bond motifs is 1. The van der Waals surface area contributed by atoms with Crippen LogP contribution in [0.1, 0.15) is 20.7 Å². The van der Waals surface area contributed by atoms with Gasteiger partial charge in [-0.15, -0.1) is 0 Å². The molecular weight excluding hydrogens is 452 g/mol. The van der Waals surface area contributed by atoms with Gasteiger partial charge in [0, 0.05) is 29.3 Å². The first-order chi connectivity index (χ1) is 12.0. The van der Waals surface area contributed by atoms with Gasteiger partial charge in [-0.2, -0.15) is 0 Å². The monoisotopic (exact) mass is 462 g/mol. The van der Waals surface area contributed by atoms with Crippen molar-refractivity contribution in [3.8, 4) is 0 Å². The fraction of sp³-hybridized carbons (Fsp3) is 0.111. The highest BCUT2D eigenvalue weighted by molar-refractivity contribution is 9.12. The molecule has 2 atom stereocenters. The number of aromatic nitrogens is 1. The van der Waals surface area contributed by atoms with E-state index in [-0.39, 0.29) is 16.3 Å². The van der Waals surface area contributed by atoms with E-state index in [9.17, 15) is 14.9 Å². The first kappa shape index (κ1) is 17.7. The molecule has 0 bridgehead atoms. The number of hydrogen-bond donors (Lipinski definition) is 0. The molecule has 0 N–H and O–H groups in total. The van der Waals surface area contributed by atoms with Gasteiger partial charge in [0.1, 0.15) is 0 Å². The van der Waals surface area contributed by atoms with Crippen molar-refractivity contribution in [3.63, 3.8) is 0 Å². The molecule has 126 valence electrons. The molecule has 0 fully saturated rings. The van der Waals surface area contributed by atoms with Crippen molar-refractivity contribution in [2.75, 3.05) is 0 Å². The molecule has 3 aromatic rings. The number of carbonyl (C=O) groups is 1. The number of halogens is 2. The quantitative estimate of drug-likeness (QED) is 0.225. The molecule has 0 aliphatic rings. The van der Waals surface area contributed by atoms with Crippen LogP contribution in [-0.4, -0.2) is 20.5 Å². The van der Waals surface area contributed by atoms with E-state index in [1.54, 1.807) is 6.20 Å². The smallest absolute Gasteiger partial charge is 0.269 e. The van der Waals surface area contributed by atoms with Gasteiger partial charge < -0.3 is 0 Å². The molecule has 0 aliphatic heterocycles. The van der Waals surface area contributed by atoms with Crippen LogP contribution in [-0.2, 0) is 0 Å². The predicted molar refractivity (Wildman–Crippen MR) is 104 cm³/mol. The summed E-state index contributed by atoms with van der Waals surface area (Å²) in [6.07, 6.45) is 1.71. The van der Waals surface area contributed by atoms with Crippen molar-refractivity contribution in [3.05, 3.63) is 82.0 Å². The molecule has 0 aliphatic carbocycles. The number of non-ortho nitro benzene ring substituents is 1. The highest BCUT2D eigenvalue weighted by Crippen LogP contribution is 2.36. The van der Waals surface area contributed by atoms with Gasteiger partial charge in [-0.1, -0.05) is 50.1 Å². The van der Waals surface area contributed by atoms with Crippen LogP contribution < -0.4 is 0 Å². The van der Waals surface area contributed by atoms with E-state index in [0.29, 0.717) is 5.56 Å². The summed E-state index contributed by atoms with van der Waals surface area (Å²) in [6, 6.07) is 15.2. The minimum absolute atomic E-state index is 0.0433. The maximum atomic E-state index is 12.7. The molecule has 3 rings (SSSR count). The lowest BCUT2D eigenvalue weighted by molar-refractivity contribution is -0.384. The largest absolute Gasteiger partial charge is 0.293 e. The number of carbonyl (C=O) groups excluding carboxylic acids is 1. The number of nitrogens with zero attached hydrogens (tertiary/aromatic N) is 2. The van der Waals surface area contributed by atoms with Crippen LogP contribution in [0.15, 0.2) is 60.8 Å². The Hall–Kier alpha value is -2.12. The minimum Gasteiger partial charge on any atom is -0.293 e. The third kappa shape index (κ3) is 3.62. The first-order valence-corrected chi connectivity index (χ1v) is 9.22. The number of alkyl halides is 2. The lowest BCUT2D eigenvalue weighted by Crippen LogP contribution is -2.19. The molecule has 1 heterocycles. The van der Waals surface area contributed by atoms with Crippen LogP contribution in [0.5, 0.6) is 0 Å². The van der Waals surface area contributed by atoms with E-state index in [4.69, 9.17) is 0 Å². The van der Waals surface area contributed by atoms with Gasteiger partial charge in [0.15, 0.2) is 5.78 Å². The van der Waals surface area contributed by atoms with E-state index >= 15 is 0 Å². The summed E-state index contributed by atoms with van der Waals surface area (Å²) in [5, 5.41) is 11.7. The number of nitro benzene ring substituents is 1. The molecule has 25 heavy (non-hydrogen) atoms. The van der Waals surface area contributed by atoms with Crippen molar-refractivity contribution in [2.45, 2.75) is 9.65 Å². The van der Waals surface area contributed by atoms with Crippen LogP contribution in [0.4, 0.5) is 5.69 Å². The predicted octanol–water partition coefficient (Wildman–Crippen LogP) is 5.23. The fourth-order valence-corrected chi connectivity index (χ4v) is 3.74. The van der Waals surface area contributed by atoms with E-state index in [1.807, 2.05) is 30.3 Å². The fourth-order valence-electron chi connectivity index (χ4n) is 2.56. The molecule has 0 saturated carbocycles. The van der Waals surface area contributed by atoms with Gasteiger partial charge in [-0.05, 0) is 29.8 Å². The van der Waals surface area contributed by atoms with Gasteiger partial charge in [0.25, 0.3) is 5.69 Å². The standard InChI is InChI=1S/C18H12Br2N2O3/c19-16(14-9-10-21-15-4-2-1-3-13(14)15)17(20)18(23)11-5-7-12(8-6-11)22(24)25/h1-10,16-17H/t16-,17+/m1/s1. The Balaban J connectivity index is 1.89. The first-order valence-electron chi connectivity index (χ1n) is 7.39. The normalized spacial score (nSPS) is 13.4. The minimum atomic E-state index is -0.528. The zero-order valence-electron chi connectivity index (χ0n) is 12.8. The topological polar surface area (TPSA) is 73.1 Å². The van der Waals surface area contributed by atoms with Crippen molar-refractivity contribution < 1.29 is 9.72 Å². The number of benzene rings is 2. The van der Waals surface area contributed by atoms with E-state index in [0.717, 1.165) is 16.5 Å². The van der Waals surface area contributed by atoms with Gasteiger partial charge in [-0.25, -0.2) is 0 Å². The maximum Gasteiger partial charge on any atom is 0.269 e. The molecule has 0 amide bonds. The number of Topliss-reactive ketones (excluding diaryl/α,β-unsaturated/α-hetero) is 1. The molecule has 0 saturated heterocycles. The highest BCUT2D eigenvalue weighted by atomic mass is 79.9. The lowest BCUT2D eigenvalue weighted by atomic mass is 10.00. The number of para-hydroxylation sites is 1. The molecule has 7 heteroatoms. The zero-order chi connectivity index (χ0) is 18.0. The van der Waals surface area contributed by atoms with Gasteiger partial charge in [-0.3, -0.25) is 19.9 Å². The molecule has 0 radical (unpaired) electrons. The number of rotatable bonds is 5. The van der Waals surface area contributed by atoms with E-state index in [1.165, 1.54) is 24.3 Å². The summed E-state index contributed by atoms with van der Waals surface area (Å²) in [4.78, 5) is 26.5. The highest BCUT2D eigenvalue weighted by Gasteiger charge is 2.27. The Morgan fingerprint density at radius 3 is 2.40 bits per heavy atom. The third-order valence-corrected chi connectivity index (χ3v) is 6.53. The van der Waals surface area contributed by atoms with Crippen molar-refractivity contribution in [2.24, 2.45) is 0 Å². The van der Waals surface area contributed by atoms with E-state index < -0.39 is 9.75 Å². The summed E-state index contributed by atoms with van der Waals surface area (Å²) in [5.74, 6) is -0.155. The maximum absolute atomic E-state index is 12.7. The molecule has 0 spiro atoms. The lowest BCUT2D eigenvalue weighted by Gasteiger charge is -2.18. The third-order valence-electron chi connectivity index (χ3n) is 3.85. The van der Waals surface area contributed by atoms with Crippen LogP contribution in [0.2, 0.25) is 0 Å². The van der Waals surface area contributed by atoms with Crippen LogP contribution in [0.3, 0.4) is 0 Å². The van der Waals surface area contributed by atoms with Crippen molar-refractivity contribution in [1.82, 2.24) is 4.98 Å². The van der Waals surface area contributed by atoms with Gasteiger partial charge >= 0.3 is 0 Å². The van der Waals surface area contributed by atoms with Crippen LogP contribution in [0.25, 0.3) is 10.9 Å². The summed E-state index contributed by atoms with van der Waals surface area (Å²) < 4.78 is 0. The Kier molecular flexibility index (Phi) is 5.24. The van der Waals surface area contributed by atoms with Crippen LogP contribution >= 0.6 is 31.9 Å². The summed E-state index contributed by atoms with van der Waals surface area (Å²) >= 11 is 7.07. The van der Waals surface area contributed by atoms with Gasteiger partial charge in [0.05, 0.1) is 20.1 Å². The second-order valence-corrected chi connectivity index (χ2v) is 7.36. The van der Waals surface area contributed by atoms with Crippen molar-refractivity contribution in [1.29, 1.82) is 0 Å². The second-order valence-electron chi connectivity index (χ2n) is 5.39. The molecular formula is C18H12Br2N2O3. The summed E-state index contributed by atoms with van der Waals surface area (Å²) in [6.45, 7) is 0. The average molecular weight is 464 g/mol. The van der Waals surface area contributed by atoms with Gasteiger partial charge in [0.2, 0.25) is 0 Å². The van der Waals surface area contributed by atoms with Crippen molar-refractivity contribution >= 4 is 54.2 Å². The summed E-state index contributed by atoms with van der Waals surface area (Å²) in [5.41, 5.74) is 2.17. The molecule has 1 aromatic heterocycles. The Labute approximate surface area is 160 Å². The second kappa shape index (κ2) is 7.41. The Bertz CT molecular complexity index is 939. The number of ketones is 1. The molecule has 0 unspecified atom stereocenters. The number of nitro groups is 1. The zero-order valence-corrected chi connectivity index (χ0v) is 16.0. The Morgan fingerprint density at radius 1 is 1.04 bits per heavy atom. The number of pyridine rings is 1. The Morgan fingerprint density at radius 2 is 1.72 bits per heavy atom. The number of hydrogen-bond acceptors (Lipinski definition) is 4. The molecule has 2 aromatic carbocycles. The van der Waals surface area contributed by atoms with Crippen LogP contribution in [0, 0.1) is 10.1 Å². The SMILES string of the molecule is O=C(c1ccc([N+](=O)[O-])cc1)[C@@H](Br)[C@H](Br)c1ccnc2ccccc12.